The van der Waals surface area contributed by atoms with Gasteiger partial charge in [0.2, 0.25) is 13.6 Å². The van der Waals surface area contributed by atoms with Gasteiger partial charge in [-0.25, -0.2) is 0 Å². The molecule has 28 heavy (non-hydrogen) atoms. The van der Waals surface area contributed by atoms with Gasteiger partial charge in [0.1, 0.15) is 0 Å². The van der Waals surface area contributed by atoms with Crippen molar-refractivity contribution in [3.8, 4) is 23.0 Å². The molecule has 0 N–H and O–H groups in total. The second-order valence-electron chi connectivity index (χ2n) is 7.14. The van der Waals surface area contributed by atoms with Gasteiger partial charge in [0.15, 0.2) is 23.0 Å². The third-order valence-electron chi connectivity index (χ3n) is 5.36. The molecule has 0 fully saturated rings. The SMILES string of the molecule is c1ccc(CCc2ccc3c(c2)OCO3)c(CCc2ccc3c(c2)OCO3)c1. The van der Waals surface area contributed by atoms with Crippen LogP contribution >= 0.6 is 0 Å². The average Bonchev–Trinajstić information content (AvgIpc) is 3.39. The second kappa shape index (κ2) is 7.47. The van der Waals surface area contributed by atoms with Crippen molar-refractivity contribution in [3.05, 3.63) is 82.9 Å². The Bertz CT molecular complexity index is 915. The normalized spacial score (nSPS) is 13.7. The second-order valence-corrected chi connectivity index (χ2v) is 7.14. The first kappa shape index (κ1) is 17.0. The maximum atomic E-state index is 5.49. The van der Waals surface area contributed by atoms with E-state index in [2.05, 4.69) is 48.5 Å². The molecule has 0 amide bonds. The summed E-state index contributed by atoms with van der Waals surface area (Å²) in [7, 11) is 0. The van der Waals surface area contributed by atoms with Crippen molar-refractivity contribution in [2.24, 2.45) is 0 Å². The third kappa shape index (κ3) is 3.50. The van der Waals surface area contributed by atoms with Crippen LogP contribution < -0.4 is 18.9 Å². The highest BCUT2D eigenvalue weighted by Gasteiger charge is 2.14. The highest BCUT2D eigenvalue weighted by Crippen LogP contribution is 2.34. The minimum atomic E-state index is 0.321. The Morgan fingerprint density at radius 2 is 0.964 bits per heavy atom. The lowest BCUT2D eigenvalue weighted by atomic mass is 9.95. The van der Waals surface area contributed by atoms with Gasteiger partial charge < -0.3 is 18.9 Å². The monoisotopic (exact) mass is 374 g/mol. The van der Waals surface area contributed by atoms with Crippen LogP contribution in [0.5, 0.6) is 23.0 Å². The Balaban J connectivity index is 1.25. The molecule has 0 saturated carbocycles. The Morgan fingerprint density at radius 3 is 1.46 bits per heavy atom. The quantitative estimate of drug-likeness (QED) is 0.626. The van der Waals surface area contributed by atoms with Crippen molar-refractivity contribution in [3.63, 3.8) is 0 Å². The fraction of sp³-hybridized carbons (Fsp3) is 0.250. The van der Waals surface area contributed by atoms with Gasteiger partial charge in [0.25, 0.3) is 0 Å². The topological polar surface area (TPSA) is 36.9 Å². The molecule has 2 heterocycles. The van der Waals surface area contributed by atoms with Crippen LogP contribution in [0.2, 0.25) is 0 Å². The first-order chi connectivity index (χ1) is 13.8. The van der Waals surface area contributed by atoms with Gasteiger partial charge in [-0.15, -0.1) is 0 Å². The van der Waals surface area contributed by atoms with E-state index in [-0.39, 0.29) is 0 Å². The first-order valence-electron chi connectivity index (χ1n) is 9.69. The molecule has 0 bridgehead atoms. The lowest BCUT2D eigenvalue weighted by Crippen LogP contribution is -1.99. The first-order valence-corrected chi connectivity index (χ1v) is 9.69. The van der Waals surface area contributed by atoms with Gasteiger partial charge in [-0.05, 0) is 72.2 Å². The predicted octanol–water partition coefficient (Wildman–Crippen LogP) is 4.71. The summed E-state index contributed by atoms with van der Waals surface area (Å²) in [6.45, 7) is 0.642. The Morgan fingerprint density at radius 1 is 0.500 bits per heavy atom. The zero-order valence-corrected chi connectivity index (χ0v) is 15.6. The highest BCUT2D eigenvalue weighted by molar-refractivity contribution is 5.46. The van der Waals surface area contributed by atoms with Gasteiger partial charge in [0.05, 0.1) is 0 Å². The van der Waals surface area contributed by atoms with Crippen LogP contribution in [-0.2, 0) is 25.7 Å². The fourth-order valence-corrected chi connectivity index (χ4v) is 3.80. The molecular weight excluding hydrogens is 352 g/mol. The number of fused-ring (bicyclic) bond motifs is 2. The van der Waals surface area contributed by atoms with Gasteiger partial charge >= 0.3 is 0 Å². The molecule has 2 aliphatic rings. The zero-order valence-electron chi connectivity index (χ0n) is 15.6. The third-order valence-corrected chi connectivity index (χ3v) is 5.36. The van der Waals surface area contributed by atoms with E-state index in [9.17, 15) is 0 Å². The molecule has 0 radical (unpaired) electrons. The van der Waals surface area contributed by atoms with Crippen molar-refractivity contribution in [1.29, 1.82) is 0 Å². The van der Waals surface area contributed by atoms with E-state index < -0.39 is 0 Å². The molecular formula is C24H22O4. The minimum absolute atomic E-state index is 0.321. The number of hydrogen-bond acceptors (Lipinski definition) is 4. The van der Waals surface area contributed by atoms with Crippen molar-refractivity contribution in [2.45, 2.75) is 25.7 Å². The molecule has 3 aromatic carbocycles. The summed E-state index contributed by atoms with van der Waals surface area (Å²) < 4.78 is 21.8. The molecule has 0 aliphatic carbocycles. The van der Waals surface area contributed by atoms with Crippen LogP contribution in [0.15, 0.2) is 60.7 Å². The van der Waals surface area contributed by atoms with Crippen LogP contribution in [-0.4, -0.2) is 13.6 Å². The average molecular weight is 374 g/mol. The molecule has 0 atom stereocenters. The fourth-order valence-electron chi connectivity index (χ4n) is 3.80. The Labute approximate surface area is 164 Å². The zero-order chi connectivity index (χ0) is 18.8. The highest BCUT2D eigenvalue weighted by atomic mass is 16.7. The number of aryl methyl sites for hydroxylation is 4. The van der Waals surface area contributed by atoms with Gasteiger partial charge in [0, 0.05) is 0 Å². The molecule has 0 spiro atoms. The molecule has 0 saturated heterocycles. The van der Waals surface area contributed by atoms with Crippen LogP contribution in [0.25, 0.3) is 0 Å². The van der Waals surface area contributed by atoms with E-state index in [4.69, 9.17) is 18.9 Å². The van der Waals surface area contributed by atoms with Crippen molar-refractivity contribution < 1.29 is 18.9 Å². The number of ether oxygens (including phenoxy) is 4. The van der Waals surface area contributed by atoms with Crippen LogP contribution in [0.4, 0.5) is 0 Å². The van der Waals surface area contributed by atoms with Crippen LogP contribution in [0, 0.1) is 0 Å². The van der Waals surface area contributed by atoms with Crippen LogP contribution in [0.1, 0.15) is 22.3 Å². The Kier molecular flexibility index (Phi) is 4.53. The maximum absolute atomic E-state index is 5.49. The van der Waals surface area contributed by atoms with Gasteiger partial charge in [-0.1, -0.05) is 36.4 Å². The van der Waals surface area contributed by atoms with Crippen LogP contribution in [0.3, 0.4) is 0 Å². The van der Waals surface area contributed by atoms with E-state index in [1.54, 1.807) is 0 Å². The minimum Gasteiger partial charge on any atom is -0.454 e. The standard InChI is InChI=1S/C24H22O4/c1-2-4-20(10-6-18-8-12-22-24(14-18)28-16-26-22)19(3-1)9-5-17-7-11-21-23(13-17)27-15-25-21/h1-4,7-8,11-14H,5-6,9-10,15-16H2. The maximum Gasteiger partial charge on any atom is 0.231 e. The lowest BCUT2D eigenvalue weighted by molar-refractivity contribution is 0.173. The number of benzene rings is 3. The molecule has 0 unspecified atom stereocenters. The van der Waals surface area contributed by atoms with E-state index in [1.807, 2.05) is 12.1 Å². The summed E-state index contributed by atoms with van der Waals surface area (Å²) >= 11 is 0. The van der Waals surface area contributed by atoms with E-state index >= 15 is 0 Å². The Hall–Kier alpha value is -3.14. The molecule has 142 valence electrons. The number of hydrogen-bond donors (Lipinski definition) is 0. The van der Waals surface area contributed by atoms with Gasteiger partial charge in [-0.3, -0.25) is 0 Å². The molecule has 2 aliphatic heterocycles. The summed E-state index contributed by atoms with van der Waals surface area (Å²) in [4.78, 5) is 0. The smallest absolute Gasteiger partial charge is 0.231 e. The summed E-state index contributed by atoms with van der Waals surface area (Å²) in [5, 5.41) is 0. The van der Waals surface area contributed by atoms with E-state index in [1.165, 1.54) is 22.3 Å². The summed E-state index contributed by atoms with van der Waals surface area (Å²) in [5.74, 6) is 3.39. The summed E-state index contributed by atoms with van der Waals surface area (Å²) in [6, 6.07) is 21.2. The lowest BCUT2D eigenvalue weighted by Gasteiger charge is -2.10. The molecule has 3 aromatic rings. The van der Waals surface area contributed by atoms with E-state index in [0.29, 0.717) is 13.6 Å². The molecule has 0 aromatic heterocycles. The predicted molar refractivity (Wildman–Crippen MR) is 106 cm³/mol. The molecule has 4 nitrogen and oxygen atoms in total. The summed E-state index contributed by atoms with van der Waals surface area (Å²) in [5.41, 5.74) is 5.35. The van der Waals surface area contributed by atoms with E-state index in [0.717, 1.165) is 48.7 Å². The van der Waals surface area contributed by atoms with Gasteiger partial charge in [-0.2, -0.15) is 0 Å². The molecule has 4 heteroatoms. The number of rotatable bonds is 6. The van der Waals surface area contributed by atoms with Crippen molar-refractivity contribution >= 4 is 0 Å². The summed E-state index contributed by atoms with van der Waals surface area (Å²) in [6.07, 6.45) is 3.99. The van der Waals surface area contributed by atoms with Crippen molar-refractivity contribution in [2.75, 3.05) is 13.6 Å². The largest absolute Gasteiger partial charge is 0.454 e. The van der Waals surface area contributed by atoms with Crippen molar-refractivity contribution in [1.82, 2.24) is 0 Å². The molecule has 5 rings (SSSR count).